The number of rotatable bonds is 9. The van der Waals surface area contributed by atoms with Crippen LogP contribution in [0.2, 0.25) is 0 Å². The van der Waals surface area contributed by atoms with E-state index in [4.69, 9.17) is 9.47 Å². The molecule has 0 unspecified atom stereocenters. The molecule has 6 nitrogen and oxygen atoms in total. The number of ether oxygens (including phenoxy) is 2. The lowest BCUT2D eigenvalue weighted by molar-refractivity contribution is 0.0969. The summed E-state index contributed by atoms with van der Waals surface area (Å²) < 4.78 is 12.2. The van der Waals surface area contributed by atoms with Crippen molar-refractivity contribution < 1.29 is 19.1 Å². The van der Waals surface area contributed by atoms with Crippen LogP contribution in [0, 0.1) is 0 Å². The molecule has 1 aromatic heterocycles. The van der Waals surface area contributed by atoms with Crippen molar-refractivity contribution in [2.45, 2.75) is 11.7 Å². The monoisotopic (exact) mass is 446 g/mol. The Kier molecular flexibility index (Phi) is 6.56. The number of thioether (sulfide) groups is 1. The van der Waals surface area contributed by atoms with Crippen LogP contribution in [0.15, 0.2) is 78.0 Å². The Labute approximate surface area is 190 Å². The van der Waals surface area contributed by atoms with Gasteiger partial charge in [-0.25, -0.2) is 4.98 Å². The van der Waals surface area contributed by atoms with Crippen LogP contribution in [-0.2, 0) is 6.54 Å². The predicted molar refractivity (Wildman–Crippen MR) is 125 cm³/mol. The van der Waals surface area contributed by atoms with Crippen LogP contribution in [-0.4, -0.2) is 41.1 Å². The smallest absolute Gasteiger partial charge is 0.182 e. The number of para-hydroxylation sites is 2. The zero-order valence-electron chi connectivity index (χ0n) is 17.8. The van der Waals surface area contributed by atoms with Gasteiger partial charge in [0.2, 0.25) is 0 Å². The maximum Gasteiger partial charge on any atom is 0.182 e. The number of carbonyl (C=O) groups is 2. The lowest BCUT2D eigenvalue weighted by Crippen LogP contribution is -2.12. The van der Waals surface area contributed by atoms with Gasteiger partial charge in [-0.1, -0.05) is 23.9 Å². The van der Waals surface area contributed by atoms with Gasteiger partial charge in [0.05, 0.1) is 37.6 Å². The molecule has 0 N–H and O–H groups in total. The SMILES string of the molecule is COc1ccc(C(=O)CSc2nc3ccccc3n2CC(=O)c2ccc(OC)cc2)cc1. The van der Waals surface area contributed by atoms with Crippen molar-refractivity contribution >= 4 is 34.4 Å². The van der Waals surface area contributed by atoms with E-state index in [1.54, 1.807) is 62.8 Å². The van der Waals surface area contributed by atoms with Gasteiger partial charge < -0.3 is 14.0 Å². The predicted octanol–water partition coefficient (Wildman–Crippen LogP) is 4.91. The van der Waals surface area contributed by atoms with Crippen LogP contribution in [0.3, 0.4) is 0 Å². The van der Waals surface area contributed by atoms with Gasteiger partial charge in [0.15, 0.2) is 16.7 Å². The molecule has 32 heavy (non-hydrogen) atoms. The summed E-state index contributed by atoms with van der Waals surface area (Å²) >= 11 is 1.33. The summed E-state index contributed by atoms with van der Waals surface area (Å²) in [5.74, 6) is 1.56. The Morgan fingerprint density at radius 2 is 1.38 bits per heavy atom. The van der Waals surface area contributed by atoms with Gasteiger partial charge in [-0.2, -0.15) is 0 Å². The minimum atomic E-state index is -0.0425. The number of fused-ring (bicyclic) bond motifs is 1. The van der Waals surface area contributed by atoms with Gasteiger partial charge in [0.25, 0.3) is 0 Å². The summed E-state index contributed by atoms with van der Waals surface area (Å²) in [4.78, 5) is 30.3. The Balaban J connectivity index is 1.55. The minimum Gasteiger partial charge on any atom is -0.497 e. The summed E-state index contributed by atoms with van der Waals surface area (Å²) in [5, 5.41) is 0.634. The number of carbonyl (C=O) groups excluding carboxylic acids is 2. The molecule has 0 saturated carbocycles. The number of benzene rings is 3. The quantitative estimate of drug-likeness (QED) is 0.269. The summed E-state index contributed by atoms with van der Waals surface area (Å²) in [6.07, 6.45) is 0. The van der Waals surface area contributed by atoms with Crippen LogP contribution >= 0.6 is 11.8 Å². The van der Waals surface area contributed by atoms with E-state index >= 15 is 0 Å². The zero-order chi connectivity index (χ0) is 22.5. The first kappa shape index (κ1) is 21.6. The Hall–Kier alpha value is -3.58. The molecular weight excluding hydrogens is 424 g/mol. The van der Waals surface area contributed by atoms with Crippen LogP contribution < -0.4 is 9.47 Å². The molecule has 0 aliphatic carbocycles. The second-order valence-electron chi connectivity index (χ2n) is 7.06. The van der Waals surface area contributed by atoms with Gasteiger partial charge in [-0.3, -0.25) is 9.59 Å². The summed E-state index contributed by atoms with van der Waals surface area (Å²) in [7, 11) is 3.18. The van der Waals surface area contributed by atoms with Crippen molar-refractivity contribution in [3.05, 3.63) is 83.9 Å². The van der Waals surface area contributed by atoms with E-state index in [2.05, 4.69) is 4.98 Å². The van der Waals surface area contributed by atoms with Crippen molar-refractivity contribution in [1.82, 2.24) is 9.55 Å². The van der Waals surface area contributed by atoms with E-state index in [-0.39, 0.29) is 23.9 Å². The summed E-state index contributed by atoms with van der Waals surface area (Å²) in [6.45, 7) is 0.131. The average Bonchev–Trinajstić information content (AvgIpc) is 3.19. The highest BCUT2D eigenvalue weighted by atomic mass is 32.2. The molecule has 7 heteroatoms. The first-order chi connectivity index (χ1) is 15.6. The molecule has 0 aliphatic rings. The molecule has 4 aromatic rings. The van der Waals surface area contributed by atoms with Gasteiger partial charge in [0, 0.05) is 11.1 Å². The molecular formula is C25H22N2O4S. The number of ketones is 2. The van der Waals surface area contributed by atoms with Crippen molar-refractivity contribution in [2.75, 3.05) is 20.0 Å². The highest BCUT2D eigenvalue weighted by Gasteiger charge is 2.17. The molecule has 0 aliphatic heterocycles. The first-order valence-electron chi connectivity index (χ1n) is 10.0. The fraction of sp³-hybridized carbons (Fsp3) is 0.160. The fourth-order valence-corrected chi connectivity index (χ4v) is 4.23. The highest BCUT2D eigenvalue weighted by molar-refractivity contribution is 7.99. The normalized spacial score (nSPS) is 10.8. The van der Waals surface area contributed by atoms with Crippen LogP contribution in [0.4, 0.5) is 0 Å². The number of nitrogens with zero attached hydrogens (tertiary/aromatic N) is 2. The Morgan fingerprint density at radius 1 is 0.812 bits per heavy atom. The number of Topliss-reactive ketones (excluding diaryl/α,β-unsaturated/α-hetero) is 2. The number of hydrogen-bond donors (Lipinski definition) is 0. The van der Waals surface area contributed by atoms with Crippen molar-refractivity contribution in [1.29, 1.82) is 0 Å². The third-order valence-electron chi connectivity index (χ3n) is 5.08. The van der Waals surface area contributed by atoms with E-state index in [1.807, 2.05) is 28.8 Å². The molecule has 162 valence electrons. The second kappa shape index (κ2) is 9.70. The van der Waals surface area contributed by atoms with Crippen molar-refractivity contribution in [2.24, 2.45) is 0 Å². The van der Waals surface area contributed by atoms with Crippen LogP contribution in [0.5, 0.6) is 11.5 Å². The molecule has 0 radical (unpaired) electrons. The second-order valence-corrected chi connectivity index (χ2v) is 8.00. The van der Waals surface area contributed by atoms with Crippen molar-refractivity contribution in [3.8, 4) is 11.5 Å². The minimum absolute atomic E-state index is 0.0160. The van der Waals surface area contributed by atoms with Gasteiger partial charge in [0.1, 0.15) is 11.5 Å². The standard InChI is InChI=1S/C25H22N2O4S/c1-30-19-11-7-17(8-12-19)23(28)15-27-22-6-4-3-5-21(22)26-25(27)32-16-24(29)18-9-13-20(31-2)14-10-18/h3-14H,15-16H2,1-2H3. The van der Waals surface area contributed by atoms with E-state index in [9.17, 15) is 9.59 Å². The number of aromatic nitrogens is 2. The van der Waals surface area contributed by atoms with E-state index in [0.717, 1.165) is 11.0 Å². The molecule has 0 saturated heterocycles. The molecule has 0 fully saturated rings. The van der Waals surface area contributed by atoms with E-state index < -0.39 is 0 Å². The van der Waals surface area contributed by atoms with Crippen LogP contribution in [0.1, 0.15) is 20.7 Å². The fourth-order valence-electron chi connectivity index (χ4n) is 3.32. The molecule has 1 heterocycles. The van der Waals surface area contributed by atoms with Crippen molar-refractivity contribution in [3.63, 3.8) is 0 Å². The molecule has 4 rings (SSSR count). The topological polar surface area (TPSA) is 70.4 Å². The van der Waals surface area contributed by atoms with E-state index in [1.165, 1.54) is 11.8 Å². The van der Waals surface area contributed by atoms with Crippen LogP contribution in [0.25, 0.3) is 11.0 Å². The van der Waals surface area contributed by atoms with E-state index in [0.29, 0.717) is 27.8 Å². The van der Waals surface area contributed by atoms with Gasteiger partial charge in [-0.15, -0.1) is 0 Å². The zero-order valence-corrected chi connectivity index (χ0v) is 18.6. The third kappa shape index (κ3) is 4.68. The summed E-state index contributed by atoms with van der Waals surface area (Å²) in [5.41, 5.74) is 2.84. The third-order valence-corrected chi connectivity index (χ3v) is 6.05. The molecule has 3 aromatic carbocycles. The molecule has 0 atom stereocenters. The molecule has 0 amide bonds. The maximum atomic E-state index is 13.0. The number of imidazole rings is 1. The summed E-state index contributed by atoms with van der Waals surface area (Å²) in [6, 6.07) is 21.7. The van der Waals surface area contributed by atoms with Gasteiger partial charge >= 0.3 is 0 Å². The maximum absolute atomic E-state index is 13.0. The lowest BCUT2D eigenvalue weighted by Gasteiger charge is -2.09. The lowest BCUT2D eigenvalue weighted by atomic mass is 10.1. The first-order valence-corrected chi connectivity index (χ1v) is 11.0. The highest BCUT2D eigenvalue weighted by Crippen LogP contribution is 2.26. The Morgan fingerprint density at radius 3 is 1.97 bits per heavy atom. The number of hydrogen-bond acceptors (Lipinski definition) is 6. The average molecular weight is 447 g/mol. The largest absolute Gasteiger partial charge is 0.497 e. The van der Waals surface area contributed by atoms with Gasteiger partial charge in [-0.05, 0) is 60.7 Å². The Bertz CT molecular complexity index is 1250. The molecule has 0 bridgehead atoms. The number of methoxy groups -OCH3 is 2. The molecule has 0 spiro atoms.